The fourth-order valence-electron chi connectivity index (χ4n) is 8.01. The van der Waals surface area contributed by atoms with Crippen LogP contribution in [0.15, 0.2) is 23.3 Å². The summed E-state index contributed by atoms with van der Waals surface area (Å²) in [6.45, 7) is 9.84. The Morgan fingerprint density at radius 3 is 2.69 bits per heavy atom. The maximum atomic E-state index is 12.0. The van der Waals surface area contributed by atoms with E-state index in [4.69, 9.17) is 0 Å². The second-order valence-corrected chi connectivity index (χ2v) is 10.4. The van der Waals surface area contributed by atoms with Gasteiger partial charge in [0.2, 0.25) is 0 Å². The molecule has 1 nitrogen and oxygen atoms in total. The van der Waals surface area contributed by atoms with Crippen LogP contribution in [0.5, 0.6) is 0 Å². The Morgan fingerprint density at radius 2 is 1.92 bits per heavy atom. The molecule has 4 unspecified atom stereocenters. The monoisotopic (exact) mass is 354 g/mol. The summed E-state index contributed by atoms with van der Waals surface area (Å²) < 4.78 is 0. The Morgan fingerprint density at radius 1 is 1.12 bits per heavy atom. The highest BCUT2D eigenvalue weighted by Gasteiger charge is 2.57. The van der Waals surface area contributed by atoms with E-state index < -0.39 is 0 Å². The molecule has 0 radical (unpaired) electrons. The fraction of sp³-hybridized carbons (Fsp3) is 0.800. The van der Waals surface area contributed by atoms with Crippen LogP contribution in [0.25, 0.3) is 0 Å². The van der Waals surface area contributed by atoms with E-state index in [1.807, 2.05) is 0 Å². The number of fused-ring (bicyclic) bond motifs is 5. The Bertz CT molecular complexity index is 641. The van der Waals surface area contributed by atoms with Gasteiger partial charge in [0.1, 0.15) is 0 Å². The molecular formula is C25H38O. The van der Waals surface area contributed by atoms with E-state index in [2.05, 4.69) is 39.8 Å². The predicted octanol–water partition coefficient (Wildman–Crippen LogP) is 6.88. The maximum absolute atomic E-state index is 12.0. The van der Waals surface area contributed by atoms with Crippen molar-refractivity contribution in [3.05, 3.63) is 23.3 Å². The highest BCUT2D eigenvalue weighted by molar-refractivity contribution is 5.91. The first kappa shape index (κ1) is 18.5. The van der Waals surface area contributed by atoms with Crippen molar-refractivity contribution in [1.82, 2.24) is 0 Å². The van der Waals surface area contributed by atoms with Gasteiger partial charge >= 0.3 is 0 Å². The van der Waals surface area contributed by atoms with Crippen molar-refractivity contribution >= 4 is 5.78 Å². The van der Waals surface area contributed by atoms with Gasteiger partial charge < -0.3 is 0 Å². The van der Waals surface area contributed by atoms with Crippen molar-refractivity contribution in [2.75, 3.05) is 0 Å². The summed E-state index contributed by atoms with van der Waals surface area (Å²) >= 11 is 0. The van der Waals surface area contributed by atoms with E-state index >= 15 is 0 Å². The second-order valence-electron chi connectivity index (χ2n) is 10.4. The molecule has 4 aliphatic rings. The molecule has 3 saturated carbocycles. The molecule has 0 spiro atoms. The largest absolute Gasteiger partial charge is 0.295 e. The van der Waals surface area contributed by atoms with Gasteiger partial charge in [-0.05, 0) is 98.9 Å². The van der Waals surface area contributed by atoms with Gasteiger partial charge in [-0.3, -0.25) is 4.79 Å². The predicted molar refractivity (Wildman–Crippen MR) is 109 cm³/mol. The van der Waals surface area contributed by atoms with Crippen LogP contribution in [0.1, 0.15) is 91.9 Å². The van der Waals surface area contributed by atoms with Crippen LogP contribution >= 0.6 is 0 Å². The molecule has 0 aromatic rings. The lowest BCUT2D eigenvalue weighted by molar-refractivity contribution is -0.116. The molecule has 0 N–H and O–H groups in total. The first-order valence-corrected chi connectivity index (χ1v) is 11.3. The van der Waals surface area contributed by atoms with E-state index in [-0.39, 0.29) is 0 Å². The third-order valence-electron chi connectivity index (χ3n) is 9.27. The Hall–Kier alpha value is -0.850. The molecule has 4 rings (SSSR count). The molecule has 6 atom stereocenters. The summed E-state index contributed by atoms with van der Waals surface area (Å²) in [7, 11) is 0. The minimum Gasteiger partial charge on any atom is -0.295 e. The zero-order valence-corrected chi connectivity index (χ0v) is 17.4. The zero-order chi connectivity index (χ0) is 18.5. The molecule has 0 bridgehead atoms. The Kier molecular flexibility index (Phi) is 4.73. The van der Waals surface area contributed by atoms with E-state index in [1.54, 1.807) is 5.57 Å². The van der Waals surface area contributed by atoms with Gasteiger partial charge in [-0.1, -0.05) is 44.4 Å². The number of rotatable bonds is 2. The molecule has 0 aromatic heterocycles. The normalized spacial score (nSPS) is 46.1. The minimum absolute atomic E-state index is 0.314. The van der Waals surface area contributed by atoms with Gasteiger partial charge in [-0.2, -0.15) is 0 Å². The van der Waals surface area contributed by atoms with Gasteiger partial charge in [-0.25, -0.2) is 0 Å². The Balaban J connectivity index is 1.67. The highest BCUT2D eigenvalue weighted by atomic mass is 16.1. The van der Waals surface area contributed by atoms with Gasteiger partial charge in [0.25, 0.3) is 0 Å². The van der Waals surface area contributed by atoms with Crippen LogP contribution in [0.4, 0.5) is 0 Å². The molecule has 0 aromatic carbocycles. The summed E-state index contributed by atoms with van der Waals surface area (Å²) in [6, 6.07) is 0. The zero-order valence-electron chi connectivity index (χ0n) is 17.4. The van der Waals surface area contributed by atoms with Crippen molar-refractivity contribution in [1.29, 1.82) is 0 Å². The number of ketones is 1. The molecule has 1 heteroatoms. The third-order valence-corrected chi connectivity index (χ3v) is 9.27. The quantitative estimate of drug-likeness (QED) is 0.494. The summed E-state index contributed by atoms with van der Waals surface area (Å²) in [6.07, 6.45) is 17.2. The molecule has 0 saturated heterocycles. The third kappa shape index (κ3) is 2.68. The van der Waals surface area contributed by atoms with Gasteiger partial charge in [-0.15, -0.1) is 0 Å². The maximum Gasteiger partial charge on any atom is 0.155 e. The summed E-state index contributed by atoms with van der Waals surface area (Å²) in [5.41, 5.74) is 4.00. The average molecular weight is 355 g/mol. The number of carbonyl (C=O) groups is 1. The molecule has 144 valence electrons. The smallest absolute Gasteiger partial charge is 0.155 e. The molecule has 26 heavy (non-hydrogen) atoms. The number of allylic oxidation sites excluding steroid dienone is 4. The van der Waals surface area contributed by atoms with Crippen LogP contribution < -0.4 is 0 Å². The van der Waals surface area contributed by atoms with Crippen LogP contribution in [-0.2, 0) is 4.79 Å². The van der Waals surface area contributed by atoms with Crippen molar-refractivity contribution in [2.45, 2.75) is 91.9 Å². The second kappa shape index (κ2) is 6.64. The van der Waals surface area contributed by atoms with E-state index in [0.717, 1.165) is 36.5 Å². The lowest BCUT2D eigenvalue weighted by atomic mass is 9.52. The van der Waals surface area contributed by atoms with Crippen LogP contribution in [-0.4, -0.2) is 5.78 Å². The summed E-state index contributed by atoms with van der Waals surface area (Å²) in [5, 5.41) is 0. The van der Waals surface area contributed by atoms with Crippen molar-refractivity contribution in [3.63, 3.8) is 0 Å². The van der Waals surface area contributed by atoms with Crippen LogP contribution in [0.2, 0.25) is 0 Å². The molecule has 0 aliphatic heterocycles. The van der Waals surface area contributed by atoms with Crippen LogP contribution in [0.3, 0.4) is 0 Å². The minimum atomic E-state index is 0.314. The van der Waals surface area contributed by atoms with Gasteiger partial charge in [0, 0.05) is 6.42 Å². The van der Waals surface area contributed by atoms with E-state index in [9.17, 15) is 4.79 Å². The number of hydrogen-bond donors (Lipinski definition) is 0. The molecule has 3 fully saturated rings. The molecule has 4 aliphatic carbocycles. The average Bonchev–Trinajstić information content (AvgIpc) is 2.86. The van der Waals surface area contributed by atoms with E-state index in [0.29, 0.717) is 16.6 Å². The molecule has 0 amide bonds. The molecular weight excluding hydrogens is 316 g/mol. The summed E-state index contributed by atoms with van der Waals surface area (Å²) in [5.74, 6) is 3.80. The topological polar surface area (TPSA) is 17.1 Å². The lowest BCUT2D eigenvalue weighted by Gasteiger charge is -2.52. The van der Waals surface area contributed by atoms with E-state index in [1.165, 1.54) is 56.9 Å². The van der Waals surface area contributed by atoms with Crippen molar-refractivity contribution < 1.29 is 4.79 Å². The lowest BCUT2D eigenvalue weighted by Crippen LogP contribution is -2.45. The van der Waals surface area contributed by atoms with Gasteiger partial charge in [0.05, 0.1) is 0 Å². The first-order valence-electron chi connectivity index (χ1n) is 11.3. The Labute approximate surface area is 160 Å². The number of hydrogen-bond acceptors (Lipinski definition) is 1. The summed E-state index contributed by atoms with van der Waals surface area (Å²) in [4.78, 5) is 12.0. The molecule has 0 heterocycles. The highest BCUT2D eigenvalue weighted by Crippen LogP contribution is 2.65. The van der Waals surface area contributed by atoms with Crippen LogP contribution in [0, 0.1) is 34.5 Å². The standard InChI is InChI=1S/C25H38O/c1-5-7-17(2)21-11-12-23-20-10-9-18-16-19(26)13-15-24(18,3)22(20)8-6-14-25(21,23)4/h7,16,20-23H,5-6,8-15H2,1-4H3/b17-7+/t20?,21-,22?,23+,24?,25?/m1/s1. The number of carbonyl (C=O) groups excluding carboxylic acids is 1. The van der Waals surface area contributed by atoms with Crippen molar-refractivity contribution in [2.24, 2.45) is 34.5 Å². The SMILES string of the molecule is CC/C=C(\C)[C@H]1CC[C@H]2C3CCC4=CC(=O)CCC4(C)C3CCCC12C. The van der Waals surface area contributed by atoms with Crippen molar-refractivity contribution in [3.8, 4) is 0 Å². The van der Waals surface area contributed by atoms with Gasteiger partial charge in [0.15, 0.2) is 5.78 Å². The first-order chi connectivity index (χ1) is 12.4. The fourth-order valence-corrected chi connectivity index (χ4v) is 8.01.